The first kappa shape index (κ1) is 49.9. The first-order valence-corrected chi connectivity index (χ1v) is 21.7. The molecule has 302 valence electrons. The third-order valence-corrected chi connectivity index (χ3v) is 9.31. The number of ether oxygens (including phenoxy) is 2. The number of carbonyl (C=O) groups excluding carboxylic acids is 2. The van der Waals surface area contributed by atoms with Crippen LogP contribution in [-0.2, 0) is 32.7 Å². The monoisotopic (exact) mass is 756 g/mol. The summed E-state index contributed by atoms with van der Waals surface area (Å²) in [5.74, 6) is -1.03. The van der Waals surface area contributed by atoms with Crippen molar-refractivity contribution in [1.29, 1.82) is 0 Å². The quantitative estimate of drug-likeness (QED) is 0.0183. The molecular weight excluding hydrogens is 681 g/mol. The molecule has 0 heterocycles. The van der Waals surface area contributed by atoms with E-state index in [1.54, 1.807) is 12.2 Å². The Morgan fingerprint density at radius 1 is 0.673 bits per heavy atom. The molecule has 0 aliphatic carbocycles. The third kappa shape index (κ3) is 36.3. The zero-order valence-corrected chi connectivity index (χ0v) is 33.5. The lowest BCUT2D eigenvalue weighted by Crippen LogP contribution is -2.29. The van der Waals surface area contributed by atoms with E-state index in [1.165, 1.54) is 77.0 Å². The number of phosphoric acid groups is 1. The fraction of sp³-hybridized carbons (Fsp3) is 0.756. The van der Waals surface area contributed by atoms with Gasteiger partial charge in [0.05, 0.1) is 19.3 Å². The first-order valence-electron chi connectivity index (χ1n) is 20.2. The minimum atomic E-state index is -4.43. The molecule has 0 bridgehead atoms. The van der Waals surface area contributed by atoms with E-state index in [1.807, 2.05) is 12.2 Å². The Bertz CT molecular complexity index is 1010. The molecule has 0 aromatic rings. The van der Waals surface area contributed by atoms with Gasteiger partial charge < -0.3 is 25.2 Å². The van der Waals surface area contributed by atoms with Crippen LogP contribution in [0.3, 0.4) is 0 Å². The summed E-state index contributed by atoms with van der Waals surface area (Å²) in [5.41, 5.74) is 5.32. The number of phosphoric ester groups is 1. The molecule has 0 saturated carbocycles. The molecule has 3 unspecified atom stereocenters. The van der Waals surface area contributed by atoms with Gasteiger partial charge in [0.2, 0.25) is 0 Å². The number of nitrogens with two attached hydrogens (primary N) is 1. The Labute approximate surface area is 316 Å². The molecule has 0 fully saturated rings. The van der Waals surface area contributed by atoms with Gasteiger partial charge in [0.25, 0.3) is 0 Å². The van der Waals surface area contributed by atoms with Crippen LogP contribution >= 0.6 is 7.82 Å². The minimum Gasteiger partial charge on any atom is -0.462 e. The normalized spacial score (nSPS) is 14.5. The number of unbranched alkanes of at least 4 members (excludes halogenated alkanes) is 15. The van der Waals surface area contributed by atoms with Crippen molar-refractivity contribution < 1.29 is 42.7 Å². The Morgan fingerprint density at radius 2 is 1.23 bits per heavy atom. The lowest BCUT2D eigenvalue weighted by Gasteiger charge is -2.20. The zero-order chi connectivity index (χ0) is 38.4. The van der Waals surface area contributed by atoms with E-state index in [4.69, 9.17) is 24.3 Å². The minimum absolute atomic E-state index is 0.00243. The van der Waals surface area contributed by atoms with Crippen molar-refractivity contribution >= 4 is 19.8 Å². The van der Waals surface area contributed by atoms with Crippen molar-refractivity contribution in [3.8, 4) is 0 Å². The van der Waals surface area contributed by atoms with Gasteiger partial charge in [-0.3, -0.25) is 18.6 Å². The molecule has 0 saturated heterocycles. The van der Waals surface area contributed by atoms with Gasteiger partial charge in [-0.2, -0.15) is 0 Å². The van der Waals surface area contributed by atoms with Crippen molar-refractivity contribution in [2.24, 2.45) is 5.73 Å². The van der Waals surface area contributed by atoms with Crippen LogP contribution in [0.1, 0.15) is 162 Å². The largest absolute Gasteiger partial charge is 0.472 e. The highest BCUT2D eigenvalue weighted by Gasteiger charge is 2.26. The van der Waals surface area contributed by atoms with Gasteiger partial charge in [0, 0.05) is 19.4 Å². The molecule has 0 aliphatic rings. The lowest BCUT2D eigenvalue weighted by molar-refractivity contribution is -0.161. The molecule has 0 spiro atoms. The van der Waals surface area contributed by atoms with E-state index >= 15 is 0 Å². The Hall–Kier alpha value is -2.07. The van der Waals surface area contributed by atoms with Crippen molar-refractivity contribution in [1.82, 2.24) is 0 Å². The van der Waals surface area contributed by atoms with Crippen LogP contribution in [0, 0.1) is 0 Å². The highest BCUT2D eigenvalue weighted by atomic mass is 31.2. The summed E-state index contributed by atoms with van der Waals surface area (Å²) in [6, 6.07) is 0. The first-order chi connectivity index (χ1) is 25.2. The van der Waals surface area contributed by atoms with Crippen molar-refractivity contribution in [2.45, 2.75) is 174 Å². The fourth-order valence-corrected chi connectivity index (χ4v) is 6.03. The third-order valence-electron chi connectivity index (χ3n) is 8.32. The van der Waals surface area contributed by atoms with Crippen LogP contribution < -0.4 is 5.73 Å². The SMILES string of the molecule is CCCCC/C=C/C/C=C/C/C=C/C=C/C(O)CCCC(=O)OC(COC(=O)CCCCCCCCCCCCCCC)COP(=O)(O)OCCN. The maximum absolute atomic E-state index is 12.6. The predicted molar refractivity (Wildman–Crippen MR) is 212 cm³/mol. The molecule has 4 N–H and O–H groups in total. The molecular formula is C41H74NO9P. The summed E-state index contributed by atoms with van der Waals surface area (Å²) >= 11 is 0. The summed E-state index contributed by atoms with van der Waals surface area (Å²) < 4.78 is 32.5. The average Bonchev–Trinajstić information content (AvgIpc) is 3.12. The molecule has 11 heteroatoms. The Morgan fingerprint density at radius 3 is 1.87 bits per heavy atom. The summed E-state index contributed by atoms with van der Waals surface area (Å²) in [4.78, 5) is 34.8. The second-order valence-corrected chi connectivity index (χ2v) is 14.8. The number of hydrogen-bond acceptors (Lipinski definition) is 9. The molecule has 0 aromatic carbocycles. The number of rotatable bonds is 37. The lowest BCUT2D eigenvalue weighted by atomic mass is 10.0. The molecule has 3 atom stereocenters. The molecule has 0 amide bonds. The number of carbonyl (C=O) groups is 2. The zero-order valence-electron chi connectivity index (χ0n) is 32.6. The summed E-state index contributed by atoms with van der Waals surface area (Å²) in [6.07, 6.45) is 37.4. The summed E-state index contributed by atoms with van der Waals surface area (Å²) in [7, 11) is -4.43. The maximum Gasteiger partial charge on any atom is 0.472 e. The van der Waals surface area contributed by atoms with Gasteiger partial charge in [0.15, 0.2) is 6.10 Å². The summed E-state index contributed by atoms with van der Waals surface area (Å²) in [6.45, 7) is 3.46. The fourth-order valence-electron chi connectivity index (χ4n) is 5.27. The van der Waals surface area contributed by atoms with Crippen molar-refractivity contribution in [3.05, 3.63) is 48.6 Å². The Kier molecular flexibility index (Phi) is 35.8. The van der Waals surface area contributed by atoms with Crippen LogP contribution in [0.4, 0.5) is 0 Å². The molecule has 0 rings (SSSR count). The van der Waals surface area contributed by atoms with E-state index in [-0.39, 0.29) is 32.6 Å². The van der Waals surface area contributed by atoms with Gasteiger partial charge >= 0.3 is 19.8 Å². The van der Waals surface area contributed by atoms with Crippen LogP contribution in [0.5, 0.6) is 0 Å². The maximum atomic E-state index is 12.6. The number of aliphatic hydroxyl groups is 1. The smallest absolute Gasteiger partial charge is 0.462 e. The van der Waals surface area contributed by atoms with E-state index in [2.05, 4.69) is 38.2 Å². The topological polar surface area (TPSA) is 155 Å². The standard InChI is InChI=1S/C41H74NO9P/c1-3-5-7-9-11-13-15-17-19-21-23-25-27-30-38(43)31-29-33-41(45)51-39(37-50-52(46,47)49-35-34-42)36-48-40(44)32-28-26-24-22-20-18-16-14-12-10-8-6-4-2/h11,13,17,19,23,25,27,30,38-39,43H,3-10,12,14-16,18,20-22,24,26,28-29,31-37,42H2,1-2H3,(H,46,47)/b13-11+,19-17+,25-23+,30-27+. The van der Waals surface area contributed by atoms with Crippen LogP contribution in [0.15, 0.2) is 48.6 Å². The van der Waals surface area contributed by atoms with Gasteiger partial charge in [-0.25, -0.2) is 4.57 Å². The molecule has 0 aromatic heterocycles. The van der Waals surface area contributed by atoms with E-state index in [9.17, 15) is 24.2 Å². The van der Waals surface area contributed by atoms with Crippen LogP contribution in [0.2, 0.25) is 0 Å². The number of hydrogen-bond donors (Lipinski definition) is 3. The molecule has 0 radical (unpaired) electrons. The van der Waals surface area contributed by atoms with E-state index < -0.39 is 38.6 Å². The van der Waals surface area contributed by atoms with Crippen LogP contribution in [-0.4, -0.2) is 60.5 Å². The predicted octanol–water partition coefficient (Wildman–Crippen LogP) is 10.1. The molecule has 52 heavy (non-hydrogen) atoms. The highest BCUT2D eigenvalue weighted by Crippen LogP contribution is 2.43. The van der Waals surface area contributed by atoms with Crippen molar-refractivity contribution in [3.63, 3.8) is 0 Å². The number of aliphatic hydroxyl groups excluding tert-OH is 1. The van der Waals surface area contributed by atoms with E-state index in [0.29, 0.717) is 19.3 Å². The molecule has 10 nitrogen and oxygen atoms in total. The second kappa shape index (κ2) is 37.3. The second-order valence-electron chi connectivity index (χ2n) is 13.4. The van der Waals surface area contributed by atoms with Crippen LogP contribution in [0.25, 0.3) is 0 Å². The van der Waals surface area contributed by atoms with E-state index in [0.717, 1.165) is 38.5 Å². The van der Waals surface area contributed by atoms with Gasteiger partial charge in [-0.1, -0.05) is 152 Å². The number of allylic oxidation sites excluding steroid dienone is 7. The van der Waals surface area contributed by atoms with Gasteiger partial charge in [-0.15, -0.1) is 0 Å². The average molecular weight is 756 g/mol. The van der Waals surface area contributed by atoms with Gasteiger partial charge in [-0.05, 0) is 44.9 Å². The number of esters is 2. The summed E-state index contributed by atoms with van der Waals surface area (Å²) in [5, 5.41) is 10.3. The Balaban J connectivity index is 4.41. The molecule has 0 aliphatic heterocycles. The van der Waals surface area contributed by atoms with Crippen molar-refractivity contribution in [2.75, 3.05) is 26.4 Å². The highest BCUT2D eigenvalue weighted by molar-refractivity contribution is 7.47. The van der Waals surface area contributed by atoms with Gasteiger partial charge in [0.1, 0.15) is 6.61 Å².